The molecule has 0 radical (unpaired) electrons. The van der Waals surface area contributed by atoms with E-state index in [1.165, 1.54) is 30.3 Å². The molecule has 0 aliphatic carbocycles. The Kier molecular flexibility index (Phi) is 6.08. The molecule has 2 aromatic rings. The molecule has 0 spiro atoms. The van der Waals surface area contributed by atoms with Crippen molar-refractivity contribution in [1.82, 2.24) is 4.72 Å². The van der Waals surface area contributed by atoms with Crippen LogP contribution in [0, 0.1) is 12.7 Å². The minimum absolute atomic E-state index is 0.0215. The Bertz CT molecular complexity index is 1020. The normalized spacial score (nSPS) is 14.7. The molecule has 1 heterocycles. The van der Waals surface area contributed by atoms with E-state index in [-0.39, 0.29) is 10.5 Å². The van der Waals surface area contributed by atoms with Crippen LogP contribution in [0.1, 0.15) is 41.6 Å². The van der Waals surface area contributed by atoms with Crippen molar-refractivity contribution >= 4 is 27.5 Å². The molecule has 0 atom stereocenters. The lowest BCUT2D eigenvalue weighted by atomic mass is 10.1. The first-order chi connectivity index (χ1) is 13.3. The lowest BCUT2D eigenvalue weighted by molar-refractivity contribution is 0.102. The highest BCUT2D eigenvalue weighted by Gasteiger charge is 2.18. The summed E-state index contributed by atoms with van der Waals surface area (Å²) >= 11 is 0. The number of nitrogens with one attached hydrogen (secondary N) is 2. The first-order valence-corrected chi connectivity index (χ1v) is 10.6. The van der Waals surface area contributed by atoms with Crippen molar-refractivity contribution in [3.63, 3.8) is 0 Å². The second kappa shape index (κ2) is 8.52. The lowest BCUT2D eigenvalue weighted by Gasteiger charge is -2.12. The van der Waals surface area contributed by atoms with Crippen molar-refractivity contribution in [2.24, 2.45) is 4.99 Å². The van der Waals surface area contributed by atoms with Crippen LogP contribution in [0.25, 0.3) is 0 Å². The molecular weight excluding hydrogens is 381 g/mol. The average Bonchev–Trinajstić information content (AvgIpc) is 2.92. The van der Waals surface area contributed by atoms with Gasteiger partial charge in [0.05, 0.1) is 4.90 Å². The van der Waals surface area contributed by atoms with Crippen molar-refractivity contribution in [3.05, 3.63) is 59.4 Å². The molecule has 0 unspecified atom stereocenters. The Labute approximate surface area is 163 Å². The minimum atomic E-state index is -3.81. The summed E-state index contributed by atoms with van der Waals surface area (Å²) in [5.74, 6) is -0.560. The van der Waals surface area contributed by atoms with E-state index in [9.17, 15) is 17.6 Å². The van der Waals surface area contributed by atoms with Crippen LogP contribution >= 0.6 is 0 Å². The predicted octanol–water partition coefficient (Wildman–Crippen LogP) is 3.64. The van der Waals surface area contributed by atoms with Gasteiger partial charge in [-0.2, -0.15) is 0 Å². The predicted molar refractivity (Wildman–Crippen MR) is 107 cm³/mol. The van der Waals surface area contributed by atoms with Crippen LogP contribution in [0.4, 0.5) is 10.1 Å². The molecule has 1 aliphatic rings. The maximum absolute atomic E-state index is 13.4. The molecule has 0 saturated heterocycles. The topological polar surface area (TPSA) is 87.6 Å². The number of carbonyl (C=O) groups excluding carboxylic acids is 1. The first-order valence-electron chi connectivity index (χ1n) is 9.09. The molecule has 3 rings (SSSR count). The fourth-order valence-corrected chi connectivity index (χ4v) is 4.08. The summed E-state index contributed by atoms with van der Waals surface area (Å²) in [7, 11) is -3.81. The number of amidine groups is 1. The van der Waals surface area contributed by atoms with E-state index >= 15 is 0 Å². The molecule has 148 valence electrons. The van der Waals surface area contributed by atoms with Gasteiger partial charge in [-0.3, -0.25) is 14.5 Å². The number of halogens is 1. The van der Waals surface area contributed by atoms with Gasteiger partial charge in [-0.15, -0.1) is 0 Å². The molecule has 2 aromatic carbocycles. The number of rotatable bonds is 4. The summed E-state index contributed by atoms with van der Waals surface area (Å²) in [4.78, 5) is 16.7. The lowest BCUT2D eigenvalue weighted by Crippen LogP contribution is -2.30. The number of sulfonamides is 1. The van der Waals surface area contributed by atoms with Crippen LogP contribution in [-0.2, 0) is 10.0 Å². The molecule has 28 heavy (non-hydrogen) atoms. The first kappa shape index (κ1) is 20.0. The van der Waals surface area contributed by atoms with E-state index in [4.69, 9.17) is 0 Å². The summed E-state index contributed by atoms with van der Waals surface area (Å²) in [6, 6.07) is 9.88. The van der Waals surface area contributed by atoms with E-state index in [2.05, 4.69) is 15.0 Å². The number of aryl methyl sites for hydroxylation is 1. The second-order valence-electron chi connectivity index (χ2n) is 6.69. The zero-order valence-electron chi connectivity index (χ0n) is 15.5. The molecule has 1 aliphatic heterocycles. The van der Waals surface area contributed by atoms with E-state index in [0.29, 0.717) is 30.1 Å². The third kappa shape index (κ3) is 4.95. The fraction of sp³-hybridized carbons (Fsp3) is 0.300. The Morgan fingerprint density at radius 3 is 2.75 bits per heavy atom. The molecule has 2 N–H and O–H groups in total. The van der Waals surface area contributed by atoms with Crippen LogP contribution in [0.2, 0.25) is 0 Å². The maximum Gasteiger partial charge on any atom is 0.262 e. The zero-order chi connectivity index (χ0) is 20.1. The highest BCUT2D eigenvalue weighted by molar-refractivity contribution is 7.90. The molecule has 8 heteroatoms. The largest absolute Gasteiger partial charge is 0.322 e. The van der Waals surface area contributed by atoms with Gasteiger partial charge in [0, 0.05) is 24.2 Å². The smallest absolute Gasteiger partial charge is 0.262 e. The van der Waals surface area contributed by atoms with Crippen molar-refractivity contribution in [3.8, 4) is 0 Å². The van der Waals surface area contributed by atoms with E-state index in [0.717, 1.165) is 25.3 Å². The number of nitrogens with zero attached hydrogens (tertiary/aromatic N) is 1. The molecule has 0 saturated carbocycles. The van der Waals surface area contributed by atoms with Gasteiger partial charge in [0.1, 0.15) is 11.7 Å². The number of benzene rings is 2. The van der Waals surface area contributed by atoms with Crippen molar-refractivity contribution in [1.29, 1.82) is 0 Å². The van der Waals surface area contributed by atoms with Gasteiger partial charge in [-0.1, -0.05) is 18.6 Å². The number of hydrogen-bond donors (Lipinski definition) is 2. The highest BCUT2D eigenvalue weighted by atomic mass is 32.2. The number of aliphatic imine (C=N–C) groups is 1. The summed E-state index contributed by atoms with van der Waals surface area (Å²) in [6.07, 6.45) is 3.46. The third-order valence-corrected chi connectivity index (χ3v) is 5.85. The summed E-state index contributed by atoms with van der Waals surface area (Å²) < 4.78 is 41.3. The van der Waals surface area contributed by atoms with Crippen LogP contribution in [0.5, 0.6) is 0 Å². The van der Waals surface area contributed by atoms with E-state index in [1.807, 2.05) is 0 Å². The summed E-state index contributed by atoms with van der Waals surface area (Å²) in [5.41, 5.74) is 1.12. The van der Waals surface area contributed by atoms with E-state index in [1.54, 1.807) is 13.0 Å². The average molecular weight is 403 g/mol. The highest BCUT2D eigenvalue weighted by Crippen LogP contribution is 2.18. The standard InChI is InChI=1S/C20H22FN3O3S/c1-14-9-10-15(21)12-18(14)20(25)23-16-6-5-7-17(13-16)28(26,27)24-19-8-3-2-4-11-22-19/h5-7,9-10,12-13H,2-4,8,11H2,1H3,(H,22,24)(H,23,25). The van der Waals surface area contributed by atoms with Gasteiger partial charge < -0.3 is 5.32 Å². The van der Waals surface area contributed by atoms with E-state index < -0.39 is 21.7 Å². The van der Waals surface area contributed by atoms with Gasteiger partial charge in [0.15, 0.2) is 0 Å². The fourth-order valence-electron chi connectivity index (χ4n) is 2.95. The number of carbonyl (C=O) groups is 1. The molecule has 0 bridgehead atoms. The Morgan fingerprint density at radius 2 is 1.93 bits per heavy atom. The molecule has 1 amide bonds. The molecule has 0 fully saturated rings. The van der Waals surface area contributed by atoms with Crippen LogP contribution in [0.15, 0.2) is 52.4 Å². The van der Waals surface area contributed by atoms with Crippen LogP contribution in [0.3, 0.4) is 0 Å². The van der Waals surface area contributed by atoms with Crippen molar-refractivity contribution in [2.45, 2.75) is 37.5 Å². The van der Waals surface area contributed by atoms with Crippen LogP contribution in [-0.4, -0.2) is 26.7 Å². The second-order valence-corrected chi connectivity index (χ2v) is 8.37. The van der Waals surface area contributed by atoms with Gasteiger partial charge in [0.2, 0.25) is 0 Å². The summed E-state index contributed by atoms with van der Waals surface area (Å²) in [5, 5.41) is 2.62. The monoisotopic (exact) mass is 403 g/mol. The van der Waals surface area contributed by atoms with Crippen molar-refractivity contribution in [2.75, 3.05) is 11.9 Å². The van der Waals surface area contributed by atoms with Gasteiger partial charge in [0.25, 0.3) is 15.9 Å². The SMILES string of the molecule is Cc1ccc(F)cc1C(=O)Nc1cccc(S(=O)(=O)NC2=NCCCCC2)c1. The Hall–Kier alpha value is -2.74. The molecule has 6 nitrogen and oxygen atoms in total. The maximum atomic E-state index is 13.4. The summed E-state index contributed by atoms with van der Waals surface area (Å²) in [6.45, 7) is 2.31. The van der Waals surface area contributed by atoms with Gasteiger partial charge >= 0.3 is 0 Å². The minimum Gasteiger partial charge on any atom is -0.322 e. The third-order valence-electron chi connectivity index (χ3n) is 4.47. The van der Waals surface area contributed by atoms with Crippen LogP contribution < -0.4 is 10.0 Å². The number of amides is 1. The molecular formula is C20H22FN3O3S. The quantitative estimate of drug-likeness (QED) is 0.817. The number of hydrogen-bond acceptors (Lipinski definition) is 4. The van der Waals surface area contributed by atoms with Gasteiger partial charge in [-0.25, -0.2) is 12.8 Å². The zero-order valence-corrected chi connectivity index (χ0v) is 16.4. The Morgan fingerprint density at radius 1 is 1.11 bits per heavy atom. The number of anilines is 1. The van der Waals surface area contributed by atoms with Gasteiger partial charge in [-0.05, 0) is 55.7 Å². The Balaban J connectivity index is 1.78. The van der Waals surface area contributed by atoms with Crippen molar-refractivity contribution < 1.29 is 17.6 Å². The molecule has 0 aromatic heterocycles.